The first-order valence-corrected chi connectivity index (χ1v) is 15.8. The van der Waals surface area contributed by atoms with Crippen molar-refractivity contribution in [3.8, 4) is 0 Å². The van der Waals surface area contributed by atoms with Gasteiger partial charge in [0.05, 0.1) is 5.60 Å². The zero-order valence-electron chi connectivity index (χ0n) is 25.6. The van der Waals surface area contributed by atoms with Gasteiger partial charge in [-0.1, -0.05) is 108 Å². The molecule has 1 aromatic carbocycles. The maximum absolute atomic E-state index is 12.5. The second-order valence-corrected chi connectivity index (χ2v) is 12.0. The standard InChI is InChI=1S/C35H54O5/c1-5-6-7-8-9-10-11-12-13-14-15-16-17-18-33(36)40-32(35(3,4)38)25-20-28(2)19-21-29-22-23-30-24-26-34(37)39-31(30)27-29/h19,22-24,26-27,32,38H,5-18,20-21,25H2,1-4H3/b28-19+/t32-/m1/s1. The topological polar surface area (TPSA) is 76.7 Å². The summed E-state index contributed by atoms with van der Waals surface area (Å²) < 4.78 is 11.0. The third-order valence-corrected chi connectivity index (χ3v) is 7.72. The second kappa shape index (κ2) is 18.9. The molecular weight excluding hydrogens is 500 g/mol. The number of fused-ring (bicyclic) bond motifs is 1. The van der Waals surface area contributed by atoms with Gasteiger partial charge in [0.25, 0.3) is 0 Å². The number of aliphatic hydroxyl groups is 1. The van der Waals surface area contributed by atoms with Gasteiger partial charge in [0.1, 0.15) is 11.7 Å². The van der Waals surface area contributed by atoms with E-state index in [1.165, 1.54) is 76.7 Å². The van der Waals surface area contributed by atoms with Crippen LogP contribution in [0.15, 0.2) is 51.2 Å². The molecule has 1 heterocycles. The molecule has 0 bridgehead atoms. The van der Waals surface area contributed by atoms with Crippen LogP contribution in [0.1, 0.15) is 136 Å². The van der Waals surface area contributed by atoms with Gasteiger partial charge in [-0.05, 0) is 64.2 Å². The molecule has 0 saturated carbocycles. The summed E-state index contributed by atoms with van der Waals surface area (Å²) in [6.07, 6.45) is 20.6. The van der Waals surface area contributed by atoms with E-state index in [1.807, 2.05) is 18.2 Å². The molecule has 1 aromatic heterocycles. The van der Waals surface area contributed by atoms with Gasteiger partial charge in [0.15, 0.2) is 0 Å². The molecule has 40 heavy (non-hydrogen) atoms. The molecular formula is C35H54O5. The van der Waals surface area contributed by atoms with Crippen LogP contribution in [0.5, 0.6) is 0 Å². The Morgan fingerprint density at radius 1 is 0.900 bits per heavy atom. The summed E-state index contributed by atoms with van der Waals surface area (Å²) in [6.45, 7) is 7.73. The monoisotopic (exact) mass is 554 g/mol. The van der Waals surface area contributed by atoms with Crippen LogP contribution in [0.2, 0.25) is 0 Å². The SMILES string of the molecule is CCCCCCCCCCCCCCCC(=O)O[C@H](CC/C(C)=C/Cc1ccc2ccc(=O)oc2c1)C(C)(C)O. The number of benzene rings is 1. The van der Waals surface area contributed by atoms with E-state index in [9.17, 15) is 14.7 Å². The number of hydrogen-bond acceptors (Lipinski definition) is 5. The van der Waals surface area contributed by atoms with E-state index in [-0.39, 0.29) is 11.6 Å². The normalized spacial score (nSPS) is 13.1. The average Bonchev–Trinajstić information content (AvgIpc) is 2.91. The highest BCUT2D eigenvalue weighted by Crippen LogP contribution is 2.22. The van der Waals surface area contributed by atoms with Gasteiger partial charge in [-0.15, -0.1) is 0 Å². The molecule has 5 nitrogen and oxygen atoms in total. The molecule has 2 rings (SSSR count). The number of carbonyl (C=O) groups is 1. The Morgan fingerprint density at radius 3 is 2.08 bits per heavy atom. The molecule has 0 amide bonds. The minimum absolute atomic E-state index is 0.213. The highest BCUT2D eigenvalue weighted by molar-refractivity contribution is 5.76. The van der Waals surface area contributed by atoms with Gasteiger partial charge < -0.3 is 14.3 Å². The van der Waals surface area contributed by atoms with Crippen molar-refractivity contribution in [1.29, 1.82) is 0 Å². The van der Waals surface area contributed by atoms with E-state index < -0.39 is 11.7 Å². The number of ether oxygens (including phenoxy) is 1. The van der Waals surface area contributed by atoms with Crippen molar-refractivity contribution >= 4 is 16.9 Å². The van der Waals surface area contributed by atoms with Gasteiger partial charge in [-0.25, -0.2) is 4.79 Å². The highest BCUT2D eigenvalue weighted by atomic mass is 16.6. The summed E-state index contributed by atoms with van der Waals surface area (Å²) in [6, 6.07) is 9.08. The lowest BCUT2D eigenvalue weighted by molar-refractivity contribution is -0.162. The molecule has 2 aromatic rings. The van der Waals surface area contributed by atoms with E-state index in [1.54, 1.807) is 19.9 Å². The van der Waals surface area contributed by atoms with Crippen LogP contribution in [-0.2, 0) is 16.0 Å². The fourth-order valence-electron chi connectivity index (χ4n) is 5.05. The molecule has 1 N–H and O–H groups in total. The Labute approximate surface area is 242 Å². The number of esters is 1. The van der Waals surface area contributed by atoms with Crippen LogP contribution in [0, 0.1) is 0 Å². The molecule has 0 saturated heterocycles. The number of allylic oxidation sites excluding steroid dienone is 2. The quantitative estimate of drug-likeness (QED) is 0.0720. The molecule has 0 unspecified atom stereocenters. The van der Waals surface area contributed by atoms with E-state index in [0.29, 0.717) is 24.8 Å². The third-order valence-electron chi connectivity index (χ3n) is 7.72. The van der Waals surface area contributed by atoms with Crippen molar-refractivity contribution in [2.75, 3.05) is 0 Å². The lowest BCUT2D eigenvalue weighted by Gasteiger charge is -2.29. The highest BCUT2D eigenvalue weighted by Gasteiger charge is 2.30. The Balaban J connectivity index is 1.63. The van der Waals surface area contributed by atoms with E-state index in [4.69, 9.17) is 9.15 Å². The van der Waals surface area contributed by atoms with E-state index in [0.717, 1.165) is 35.8 Å². The minimum Gasteiger partial charge on any atom is -0.459 e. The fourth-order valence-corrected chi connectivity index (χ4v) is 5.05. The zero-order valence-corrected chi connectivity index (χ0v) is 25.6. The lowest BCUT2D eigenvalue weighted by atomic mass is 9.95. The molecule has 0 fully saturated rings. The first-order valence-electron chi connectivity index (χ1n) is 15.8. The summed E-state index contributed by atoms with van der Waals surface area (Å²) in [5, 5.41) is 11.5. The minimum atomic E-state index is -1.10. The van der Waals surface area contributed by atoms with Crippen LogP contribution in [0.25, 0.3) is 11.0 Å². The first kappa shape index (κ1) is 33.8. The van der Waals surface area contributed by atoms with Crippen LogP contribution in [-0.4, -0.2) is 22.8 Å². The van der Waals surface area contributed by atoms with Gasteiger partial charge in [-0.2, -0.15) is 0 Å². The average molecular weight is 555 g/mol. The smallest absolute Gasteiger partial charge is 0.336 e. The summed E-state index contributed by atoms with van der Waals surface area (Å²) >= 11 is 0. The van der Waals surface area contributed by atoms with Crippen molar-refractivity contribution in [2.45, 2.75) is 149 Å². The molecule has 0 aliphatic carbocycles. The zero-order chi connectivity index (χ0) is 29.2. The number of hydrogen-bond donors (Lipinski definition) is 1. The lowest BCUT2D eigenvalue weighted by Crippen LogP contribution is -2.39. The van der Waals surface area contributed by atoms with Crippen LogP contribution < -0.4 is 5.63 Å². The largest absolute Gasteiger partial charge is 0.459 e. The summed E-state index contributed by atoms with van der Waals surface area (Å²) in [7, 11) is 0. The van der Waals surface area contributed by atoms with E-state index >= 15 is 0 Å². The Bertz CT molecular complexity index is 1080. The van der Waals surface area contributed by atoms with Crippen LogP contribution in [0.4, 0.5) is 0 Å². The van der Waals surface area contributed by atoms with Gasteiger partial charge in [0, 0.05) is 17.9 Å². The Hall–Kier alpha value is -2.40. The summed E-state index contributed by atoms with van der Waals surface area (Å²) in [5.74, 6) is -0.213. The predicted octanol–water partition coefficient (Wildman–Crippen LogP) is 9.23. The molecule has 224 valence electrons. The van der Waals surface area contributed by atoms with Crippen molar-refractivity contribution in [2.24, 2.45) is 0 Å². The van der Waals surface area contributed by atoms with Crippen molar-refractivity contribution in [3.63, 3.8) is 0 Å². The molecule has 0 spiro atoms. The predicted molar refractivity (Wildman–Crippen MR) is 166 cm³/mol. The van der Waals surface area contributed by atoms with Gasteiger partial charge >= 0.3 is 11.6 Å². The number of carbonyl (C=O) groups excluding carboxylic acids is 1. The van der Waals surface area contributed by atoms with Gasteiger partial charge in [0.2, 0.25) is 0 Å². The molecule has 0 aliphatic rings. The van der Waals surface area contributed by atoms with Crippen molar-refractivity contribution in [3.05, 3.63) is 58.0 Å². The van der Waals surface area contributed by atoms with E-state index in [2.05, 4.69) is 19.9 Å². The fraction of sp³-hybridized carbons (Fsp3) is 0.657. The van der Waals surface area contributed by atoms with Crippen molar-refractivity contribution < 1.29 is 19.1 Å². The summed E-state index contributed by atoms with van der Waals surface area (Å²) in [4.78, 5) is 24.0. The number of unbranched alkanes of at least 4 members (excludes halogenated alkanes) is 12. The molecule has 1 atom stereocenters. The second-order valence-electron chi connectivity index (χ2n) is 12.0. The Morgan fingerprint density at radius 2 is 1.48 bits per heavy atom. The molecule has 5 heteroatoms. The molecule has 0 aliphatic heterocycles. The first-order chi connectivity index (χ1) is 19.2. The summed E-state index contributed by atoms with van der Waals surface area (Å²) in [5.41, 5.74) is 1.37. The maximum Gasteiger partial charge on any atom is 0.336 e. The van der Waals surface area contributed by atoms with Gasteiger partial charge in [-0.3, -0.25) is 4.79 Å². The van der Waals surface area contributed by atoms with Crippen LogP contribution in [0.3, 0.4) is 0 Å². The Kier molecular flexibility index (Phi) is 15.9. The van der Waals surface area contributed by atoms with Crippen LogP contribution >= 0.6 is 0 Å². The van der Waals surface area contributed by atoms with Crippen molar-refractivity contribution in [1.82, 2.24) is 0 Å². The maximum atomic E-state index is 12.5. The third kappa shape index (κ3) is 14.3. The number of rotatable bonds is 21. The molecule has 0 radical (unpaired) electrons.